The normalized spacial score (nSPS) is 15.6. The molecule has 24 heavy (non-hydrogen) atoms. The summed E-state index contributed by atoms with van der Waals surface area (Å²) < 4.78 is 0. The van der Waals surface area contributed by atoms with E-state index >= 15 is 0 Å². The second-order valence-corrected chi connectivity index (χ2v) is 6.18. The number of carbonyl (C=O) groups is 2. The molecular formula is C18H28ClN3O2. The van der Waals surface area contributed by atoms with Gasteiger partial charge < -0.3 is 10.6 Å². The Kier molecular flexibility index (Phi) is 8.97. The molecule has 1 fully saturated rings. The summed E-state index contributed by atoms with van der Waals surface area (Å²) >= 11 is 0. The minimum Gasteiger partial charge on any atom is -0.324 e. The number of anilines is 1. The van der Waals surface area contributed by atoms with Crippen molar-refractivity contribution < 1.29 is 9.59 Å². The van der Waals surface area contributed by atoms with E-state index in [-0.39, 0.29) is 24.1 Å². The zero-order valence-corrected chi connectivity index (χ0v) is 15.3. The Labute approximate surface area is 150 Å². The molecule has 1 aliphatic rings. The molecule has 2 N–H and O–H groups in total. The van der Waals surface area contributed by atoms with Gasteiger partial charge in [0.2, 0.25) is 5.91 Å². The zero-order chi connectivity index (χ0) is 16.7. The minimum atomic E-state index is -0.0520. The maximum Gasteiger partial charge on any atom is 0.238 e. The van der Waals surface area contributed by atoms with Crippen molar-refractivity contribution >= 4 is 29.8 Å². The molecule has 0 saturated carbocycles. The topological polar surface area (TPSA) is 61.4 Å². The average molecular weight is 354 g/mol. The van der Waals surface area contributed by atoms with Crippen molar-refractivity contribution in [3.8, 4) is 0 Å². The molecule has 1 aromatic rings. The third kappa shape index (κ3) is 6.23. The number of nitrogens with one attached hydrogen (secondary N) is 2. The summed E-state index contributed by atoms with van der Waals surface area (Å²) in [6.45, 7) is 8.02. The Morgan fingerprint density at radius 2 is 1.88 bits per heavy atom. The average Bonchev–Trinajstić information content (AvgIpc) is 2.54. The van der Waals surface area contributed by atoms with Crippen LogP contribution in [-0.2, 0) is 4.79 Å². The van der Waals surface area contributed by atoms with Crippen molar-refractivity contribution in [1.29, 1.82) is 0 Å². The van der Waals surface area contributed by atoms with Crippen molar-refractivity contribution in [3.63, 3.8) is 0 Å². The molecule has 0 radical (unpaired) electrons. The van der Waals surface area contributed by atoms with E-state index < -0.39 is 0 Å². The second kappa shape index (κ2) is 10.4. The van der Waals surface area contributed by atoms with Crippen molar-refractivity contribution in [2.45, 2.75) is 26.7 Å². The number of rotatable bonds is 7. The number of amides is 1. The summed E-state index contributed by atoms with van der Waals surface area (Å²) in [6.07, 6.45) is 2.26. The van der Waals surface area contributed by atoms with Gasteiger partial charge in [0, 0.05) is 5.56 Å². The first-order chi connectivity index (χ1) is 11.1. The van der Waals surface area contributed by atoms with E-state index in [1.807, 2.05) is 12.1 Å². The minimum absolute atomic E-state index is 0. The largest absolute Gasteiger partial charge is 0.324 e. The first kappa shape index (κ1) is 20.6. The molecule has 6 heteroatoms. The van der Waals surface area contributed by atoms with Crippen LogP contribution in [0.4, 0.5) is 5.69 Å². The van der Waals surface area contributed by atoms with Crippen LogP contribution in [0, 0.1) is 5.92 Å². The molecule has 0 aliphatic carbocycles. The van der Waals surface area contributed by atoms with Gasteiger partial charge >= 0.3 is 0 Å². The lowest BCUT2D eigenvalue weighted by Crippen LogP contribution is -2.41. The number of ketones is 1. The highest BCUT2D eigenvalue weighted by Crippen LogP contribution is 2.18. The summed E-state index contributed by atoms with van der Waals surface area (Å²) in [5.74, 6) is 0.627. The first-order valence-corrected chi connectivity index (χ1v) is 8.43. The highest BCUT2D eigenvalue weighted by molar-refractivity contribution is 6.04. The molecule has 1 amide bonds. The Balaban J connectivity index is 0.00000288. The molecule has 0 atom stereocenters. The molecular weight excluding hydrogens is 326 g/mol. The number of benzene rings is 1. The maximum atomic E-state index is 12.2. The molecule has 1 heterocycles. The van der Waals surface area contributed by atoms with E-state index in [0.29, 0.717) is 23.7 Å². The fourth-order valence-corrected chi connectivity index (χ4v) is 2.99. The zero-order valence-electron chi connectivity index (χ0n) is 14.5. The van der Waals surface area contributed by atoms with Crippen LogP contribution in [0.1, 0.15) is 37.0 Å². The second-order valence-electron chi connectivity index (χ2n) is 6.18. The molecule has 0 aromatic heterocycles. The Morgan fingerprint density at radius 1 is 1.21 bits per heavy atom. The number of para-hydroxylation sites is 1. The van der Waals surface area contributed by atoms with Crippen LogP contribution < -0.4 is 10.6 Å². The predicted molar refractivity (Wildman–Crippen MR) is 100 cm³/mol. The fraction of sp³-hybridized carbons (Fsp3) is 0.556. The van der Waals surface area contributed by atoms with E-state index in [1.54, 1.807) is 12.1 Å². The molecule has 1 saturated heterocycles. The van der Waals surface area contributed by atoms with Gasteiger partial charge in [0.05, 0.1) is 12.2 Å². The van der Waals surface area contributed by atoms with Gasteiger partial charge in [0.15, 0.2) is 5.78 Å². The molecule has 0 bridgehead atoms. The van der Waals surface area contributed by atoms with Gasteiger partial charge in [-0.15, -0.1) is 12.4 Å². The van der Waals surface area contributed by atoms with E-state index in [1.165, 1.54) is 6.92 Å². The van der Waals surface area contributed by atoms with Gasteiger partial charge in [-0.05, 0) is 64.0 Å². The summed E-state index contributed by atoms with van der Waals surface area (Å²) in [7, 11) is 0. The van der Waals surface area contributed by atoms with E-state index in [9.17, 15) is 9.59 Å². The van der Waals surface area contributed by atoms with Crippen molar-refractivity contribution in [2.75, 3.05) is 38.0 Å². The van der Waals surface area contributed by atoms with Crippen LogP contribution in [0.3, 0.4) is 0 Å². The van der Waals surface area contributed by atoms with Gasteiger partial charge in [-0.3, -0.25) is 14.5 Å². The molecule has 5 nitrogen and oxygen atoms in total. The van der Waals surface area contributed by atoms with E-state index in [4.69, 9.17) is 0 Å². The van der Waals surface area contributed by atoms with Crippen LogP contribution >= 0.6 is 12.4 Å². The third-order valence-electron chi connectivity index (χ3n) is 4.34. The number of halogens is 1. The molecule has 1 aromatic carbocycles. The molecule has 1 aliphatic heterocycles. The maximum absolute atomic E-state index is 12.2. The van der Waals surface area contributed by atoms with Crippen molar-refractivity contribution in [1.82, 2.24) is 10.2 Å². The van der Waals surface area contributed by atoms with Gasteiger partial charge in [0.1, 0.15) is 0 Å². The smallest absolute Gasteiger partial charge is 0.238 e. The van der Waals surface area contributed by atoms with E-state index in [0.717, 1.165) is 39.0 Å². The lowest BCUT2D eigenvalue weighted by atomic mass is 9.97. The lowest BCUT2D eigenvalue weighted by Gasteiger charge is -2.31. The monoisotopic (exact) mass is 353 g/mol. The lowest BCUT2D eigenvalue weighted by molar-refractivity contribution is -0.117. The SMILES string of the molecule is CCNCC1CCN(CC(=O)Nc2ccccc2C(C)=O)CC1.Cl. The Morgan fingerprint density at radius 3 is 2.50 bits per heavy atom. The first-order valence-electron chi connectivity index (χ1n) is 8.43. The standard InChI is InChI=1S/C18H27N3O2.ClH/c1-3-19-12-15-8-10-21(11-9-15)13-18(23)20-17-7-5-4-6-16(17)14(2)22;/h4-7,15,19H,3,8-13H2,1-2H3,(H,20,23);1H. The molecule has 0 spiro atoms. The summed E-state index contributed by atoms with van der Waals surface area (Å²) in [5, 5.41) is 6.26. The number of likely N-dealkylation sites (tertiary alicyclic amines) is 1. The number of Topliss-reactive ketones (excluding diaryl/α,β-unsaturated/α-hetero) is 1. The van der Waals surface area contributed by atoms with Gasteiger partial charge in [-0.25, -0.2) is 0 Å². The highest BCUT2D eigenvalue weighted by atomic mass is 35.5. The Bertz CT molecular complexity index is 543. The highest BCUT2D eigenvalue weighted by Gasteiger charge is 2.20. The van der Waals surface area contributed by atoms with Crippen molar-refractivity contribution in [3.05, 3.63) is 29.8 Å². The third-order valence-corrected chi connectivity index (χ3v) is 4.34. The van der Waals surface area contributed by atoms with Gasteiger partial charge in [0.25, 0.3) is 0 Å². The predicted octanol–water partition coefficient (Wildman–Crippen LogP) is 2.57. The quantitative estimate of drug-likeness (QED) is 0.740. The van der Waals surface area contributed by atoms with Gasteiger partial charge in [-0.2, -0.15) is 0 Å². The number of piperidine rings is 1. The molecule has 0 unspecified atom stereocenters. The number of hydrogen-bond acceptors (Lipinski definition) is 4. The molecule has 134 valence electrons. The van der Waals surface area contributed by atoms with Crippen LogP contribution in [0.5, 0.6) is 0 Å². The summed E-state index contributed by atoms with van der Waals surface area (Å²) in [6, 6.07) is 7.15. The summed E-state index contributed by atoms with van der Waals surface area (Å²) in [4.78, 5) is 26.0. The number of carbonyl (C=O) groups excluding carboxylic acids is 2. The fourth-order valence-electron chi connectivity index (χ4n) is 2.99. The van der Waals surface area contributed by atoms with Crippen molar-refractivity contribution in [2.24, 2.45) is 5.92 Å². The number of nitrogens with zero attached hydrogens (tertiary/aromatic N) is 1. The Hall–Kier alpha value is -1.43. The van der Waals surface area contributed by atoms with Crippen LogP contribution in [0.2, 0.25) is 0 Å². The molecule has 2 rings (SSSR count). The van der Waals surface area contributed by atoms with Gasteiger partial charge in [-0.1, -0.05) is 19.1 Å². The van der Waals surface area contributed by atoms with Crippen LogP contribution in [0.15, 0.2) is 24.3 Å². The summed E-state index contributed by atoms with van der Waals surface area (Å²) in [5.41, 5.74) is 1.16. The van der Waals surface area contributed by atoms with E-state index in [2.05, 4.69) is 22.5 Å². The number of hydrogen-bond donors (Lipinski definition) is 2. The van der Waals surface area contributed by atoms with Crippen LogP contribution in [-0.4, -0.2) is 49.3 Å². The van der Waals surface area contributed by atoms with Crippen LogP contribution in [0.25, 0.3) is 0 Å².